The van der Waals surface area contributed by atoms with Crippen molar-refractivity contribution >= 4 is 11.9 Å². The van der Waals surface area contributed by atoms with E-state index in [2.05, 4.69) is 5.32 Å². The van der Waals surface area contributed by atoms with Gasteiger partial charge in [0.1, 0.15) is 5.75 Å². The highest BCUT2D eigenvalue weighted by Crippen LogP contribution is 2.37. The van der Waals surface area contributed by atoms with Gasteiger partial charge in [-0.25, -0.2) is 4.79 Å². The Kier molecular flexibility index (Phi) is 8.42. The van der Waals surface area contributed by atoms with Crippen LogP contribution in [-0.4, -0.2) is 52.0 Å². The van der Waals surface area contributed by atoms with E-state index in [4.69, 9.17) is 18.9 Å². The number of nitrogens with one attached hydrogen (secondary N) is 1. The molecule has 2 aromatic rings. The van der Waals surface area contributed by atoms with Crippen LogP contribution in [0.5, 0.6) is 5.75 Å². The molecule has 0 unspecified atom stereocenters. The van der Waals surface area contributed by atoms with Gasteiger partial charge in [0, 0.05) is 26.4 Å². The molecule has 0 spiro atoms. The number of ether oxygens (including phenoxy) is 4. The Labute approximate surface area is 207 Å². The monoisotopic (exact) mass is 481 g/mol. The van der Waals surface area contributed by atoms with Crippen LogP contribution in [0.15, 0.2) is 48.5 Å². The van der Waals surface area contributed by atoms with Crippen LogP contribution in [0, 0.1) is 5.92 Å². The van der Waals surface area contributed by atoms with Gasteiger partial charge in [0.2, 0.25) is 5.91 Å². The molecule has 1 N–H and O–H groups in total. The van der Waals surface area contributed by atoms with Crippen LogP contribution < -0.4 is 10.1 Å². The summed E-state index contributed by atoms with van der Waals surface area (Å²) < 4.78 is 22.0. The fraction of sp³-hybridized carbons (Fsp3) is 0.500. The largest absolute Gasteiger partial charge is 0.493 e. The normalized spacial score (nSPS) is 18.9. The zero-order chi connectivity index (χ0) is 24.7. The molecule has 2 saturated heterocycles. The number of amides is 1. The van der Waals surface area contributed by atoms with Crippen molar-refractivity contribution in [2.24, 2.45) is 5.92 Å². The number of carbonyl (C=O) groups is 2. The lowest BCUT2D eigenvalue weighted by Crippen LogP contribution is -2.48. The first kappa shape index (κ1) is 25.2. The molecule has 0 radical (unpaired) electrons. The van der Waals surface area contributed by atoms with Gasteiger partial charge in [0.15, 0.2) is 0 Å². The van der Waals surface area contributed by atoms with Crippen LogP contribution in [0.4, 0.5) is 0 Å². The summed E-state index contributed by atoms with van der Waals surface area (Å²) in [5.74, 6) is 0.888. The third kappa shape index (κ3) is 6.03. The molecule has 0 aromatic heterocycles. The standard InChI is InChI=1S/C28H35NO6/c1-20(22-6-8-23(9-7-22)26(30)32-2)29-27(31)28(12-16-34-17-13-28)24-4-3-5-25(18-24)35-19-21-10-14-33-15-11-21/h3-9,18,20-21H,10-17,19H2,1-2H3,(H,29,31)/t20-/m0/s1. The Balaban J connectivity index is 1.48. The molecule has 0 bridgehead atoms. The molecule has 0 aliphatic carbocycles. The predicted octanol–water partition coefficient (Wildman–Crippen LogP) is 4.20. The molecular formula is C28H35NO6. The van der Waals surface area contributed by atoms with Crippen LogP contribution in [0.1, 0.15) is 60.1 Å². The van der Waals surface area contributed by atoms with Crippen molar-refractivity contribution in [3.63, 3.8) is 0 Å². The molecular weight excluding hydrogens is 446 g/mol. The number of esters is 1. The quantitative estimate of drug-likeness (QED) is 0.569. The van der Waals surface area contributed by atoms with E-state index >= 15 is 0 Å². The molecule has 7 nitrogen and oxygen atoms in total. The summed E-state index contributed by atoms with van der Waals surface area (Å²) in [5.41, 5.74) is 1.67. The second kappa shape index (κ2) is 11.7. The first-order chi connectivity index (χ1) is 17.0. The average Bonchev–Trinajstić information content (AvgIpc) is 2.92. The number of rotatable bonds is 8. The van der Waals surface area contributed by atoms with Crippen molar-refractivity contribution in [1.82, 2.24) is 5.32 Å². The molecule has 2 heterocycles. The highest BCUT2D eigenvalue weighted by Gasteiger charge is 2.42. The minimum atomic E-state index is -0.684. The van der Waals surface area contributed by atoms with Crippen LogP contribution in [0.25, 0.3) is 0 Å². The molecule has 2 aliphatic rings. The zero-order valence-electron chi connectivity index (χ0n) is 20.6. The Morgan fingerprint density at radius 2 is 1.71 bits per heavy atom. The molecule has 0 saturated carbocycles. The van der Waals surface area contributed by atoms with Crippen molar-refractivity contribution in [3.05, 3.63) is 65.2 Å². The van der Waals surface area contributed by atoms with Gasteiger partial charge in [0.25, 0.3) is 0 Å². The van der Waals surface area contributed by atoms with Crippen molar-refractivity contribution in [1.29, 1.82) is 0 Å². The van der Waals surface area contributed by atoms with Gasteiger partial charge in [-0.05, 0) is 73.9 Å². The van der Waals surface area contributed by atoms with Gasteiger partial charge in [-0.15, -0.1) is 0 Å². The molecule has 2 fully saturated rings. The predicted molar refractivity (Wildman–Crippen MR) is 132 cm³/mol. The van der Waals surface area contributed by atoms with Crippen LogP contribution >= 0.6 is 0 Å². The summed E-state index contributed by atoms with van der Waals surface area (Å²) in [7, 11) is 1.36. The van der Waals surface area contributed by atoms with E-state index in [1.807, 2.05) is 43.3 Å². The number of carbonyl (C=O) groups excluding carboxylic acids is 2. The zero-order valence-corrected chi connectivity index (χ0v) is 20.6. The van der Waals surface area contributed by atoms with Crippen molar-refractivity contribution in [3.8, 4) is 5.75 Å². The molecule has 1 amide bonds. The number of hydrogen-bond acceptors (Lipinski definition) is 6. The highest BCUT2D eigenvalue weighted by molar-refractivity contribution is 5.90. The summed E-state index contributed by atoms with van der Waals surface area (Å²) in [4.78, 5) is 25.5. The first-order valence-electron chi connectivity index (χ1n) is 12.4. The van der Waals surface area contributed by atoms with Gasteiger partial charge in [-0.1, -0.05) is 24.3 Å². The molecule has 35 heavy (non-hydrogen) atoms. The summed E-state index contributed by atoms with van der Waals surface area (Å²) in [5, 5.41) is 3.21. The van der Waals surface area contributed by atoms with Crippen LogP contribution in [0.3, 0.4) is 0 Å². The molecule has 7 heteroatoms. The summed E-state index contributed by atoms with van der Waals surface area (Å²) in [6.07, 6.45) is 3.25. The molecule has 2 aliphatic heterocycles. The van der Waals surface area contributed by atoms with E-state index in [1.165, 1.54) is 7.11 Å². The van der Waals surface area contributed by atoms with Crippen LogP contribution in [0.2, 0.25) is 0 Å². The maximum absolute atomic E-state index is 13.7. The third-order valence-electron chi connectivity index (χ3n) is 7.17. The van der Waals surface area contributed by atoms with Crippen molar-refractivity contribution in [2.45, 2.75) is 44.1 Å². The minimum absolute atomic E-state index is 0.0214. The summed E-state index contributed by atoms with van der Waals surface area (Å²) in [6, 6.07) is 14.9. The lowest BCUT2D eigenvalue weighted by Gasteiger charge is -2.37. The third-order valence-corrected chi connectivity index (χ3v) is 7.17. The average molecular weight is 482 g/mol. The lowest BCUT2D eigenvalue weighted by molar-refractivity contribution is -0.131. The minimum Gasteiger partial charge on any atom is -0.493 e. The second-order valence-electron chi connectivity index (χ2n) is 9.40. The number of benzene rings is 2. The van der Waals surface area contributed by atoms with Gasteiger partial charge in [0.05, 0.1) is 30.7 Å². The van der Waals surface area contributed by atoms with E-state index in [0.717, 1.165) is 42.9 Å². The Morgan fingerprint density at radius 1 is 1.03 bits per heavy atom. The topological polar surface area (TPSA) is 83.1 Å². The molecule has 1 atom stereocenters. The Morgan fingerprint density at radius 3 is 2.40 bits per heavy atom. The molecule has 4 rings (SSSR count). The molecule has 188 valence electrons. The SMILES string of the molecule is COC(=O)c1ccc([C@H](C)NC(=O)C2(c3cccc(OCC4CCOCC4)c3)CCOCC2)cc1. The number of methoxy groups -OCH3 is 1. The van der Waals surface area contributed by atoms with E-state index < -0.39 is 5.41 Å². The van der Waals surface area contributed by atoms with E-state index in [0.29, 0.717) is 44.1 Å². The molecule has 2 aromatic carbocycles. The fourth-order valence-electron chi connectivity index (χ4n) is 4.82. The smallest absolute Gasteiger partial charge is 0.337 e. The Hall–Kier alpha value is -2.90. The summed E-state index contributed by atoms with van der Waals surface area (Å²) in [6.45, 7) is 5.26. The number of hydrogen-bond donors (Lipinski definition) is 1. The maximum atomic E-state index is 13.7. The van der Waals surface area contributed by atoms with Gasteiger partial charge < -0.3 is 24.3 Å². The van der Waals surface area contributed by atoms with Gasteiger partial charge >= 0.3 is 5.97 Å². The summed E-state index contributed by atoms with van der Waals surface area (Å²) >= 11 is 0. The first-order valence-corrected chi connectivity index (χ1v) is 12.4. The second-order valence-corrected chi connectivity index (χ2v) is 9.40. The van der Waals surface area contributed by atoms with E-state index in [1.54, 1.807) is 12.1 Å². The van der Waals surface area contributed by atoms with Crippen LogP contribution in [-0.2, 0) is 24.4 Å². The maximum Gasteiger partial charge on any atom is 0.337 e. The highest BCUT2D eigenvalue weighted by atomic mass is 16.5. The van der Waals surface area contributed by atoms with Gasteiger partial charge in [-0.3, -0.25) is 4.79 Å². The fourth-order valence-corrected chi connectivity index (χ4v) is 4.82. The van der Waals surface area contributed by atoms with E-state index in [9.17, 15) is 9.59 Å². The van der Waals surface area contributed by atoms with E-state index in [-0.39, 0.29) is 17.9 Å². The lowest BCUT2D eigenvalue weighted by atomic mass is 9.73. The Bertz CT molecular complexity index is 993. The van der Waals surface area contributed by atoms with Crippen molar-refractivity contribution < 1.29 is 28.5 Å². The van der Waals surface area contributed by atoms with Crippen molar-refractivity contribution in [2.75, 3.05) is 40.1 Å². The van der Waals surface area contributed by atoms with Gasteiger partial charge in [-0.2, -0.15) is 0 Å².